The van der Waals surface area contributed by atoms with E-state index in [1.54, 1.807) is 13.8 Å². The van der Waals surface area contributed by atoms with Gasteiger partial charge in [0.25, 0.3) is 0 Å². The second-order valence-electron chi connectivity index (χ2n) is 6.53. The SMILES string of the molecule is CC(C)(CCOc1ccccc1C(C)(C)C)C(=O)O. The molecule has 0 bridgehead atoms. The Hall–Kier alpha value is -1.51. The first-order valence-electron chi connectivity index (χ1n) is 6.60. The van der Waals surface area contributed by atoms with Crippen LogP contribution in [0.15, 0.2) is 24.3 Å². The number of carboxylic acids is 1. The molecule has 1 N–H and O–H groups in total. The predicted octanol–water partition coefficient (Wildman–Crippen LogP) is 3.86. The predicted molar refractivity (Wildman–Crippen MR) is 76.7 cm³/mol. The summed E-state index contributed by atoms with van der Waals surface area (Å²) in [6, 6.07) is 7.92. The highest BCUT2D eigenvalue weighted by Crippen LogP contribution is 2.31. The van der Waals surface area contributed by atoms with E-state index in [0.717, 1.165) is 11.3 Å². The summed E-state index contributed by atoms with van der Waals surface area (Å²) in [5.41, 5.74) is 0.401. The fourth-order valence-electron chi connectivity index (χ4n) is 1.74. The minimum atomic E-state index is -0.791. The average Bonchev–Trinajstić information content (AvgIpc) is 2.27. The standard InChI is InChI=1S/C16H24O3/c1-15(2,3)12-8-6-7-9-13(12)19-11-10-16(4,5)14(17)18/h6-9H,10-11H2,1-5H3,(H,17,18). The summed E-state index contributed by atoms with van der Waals surface area (Å²) < 4.78 is 5.79. The van der Waals surface area contributed by atoms with Gasteiger partial charge in [-0.05, 0) is 37.3 Å². The van der Waals surface area contributed by atoms with Gasteiger partial charge in [0.15, 0.2) is 0 Å². The van der Waals surface area contributed by atoms with E-state index in [2.05, 4.69) is 26.8 Å². The number of ether oxygens (including phenoxy) is 1. The quantitative estimate of drug-likeness (QED) is 0.878. The Morgan fingerprint density at radius 3 is 2.26 bits per heavy atom. The summed E-state index contributed by atoms with van der Waals surface area (Å²) in [6.45, 7) is 10.2. The minimum absolute atomic E-state index is 0.0128. The Balaban J connectivity index is 2.72. The average molecular weight is 264 g/mol. The van der Waals surface area contributed by atoms with Gasteiger partial charge in [-0.2, -0.15) is 0 Å². The third-order valence-corrected chi connectivity index (χ3v) is 3.26. The number of hydrogen-bond acceptors (Lipinski definition) is 2. The number of rotatable bonds is 5. The van der Waals surface area contributed by atoms with E-state index >= 15 is 0 Å². The van der Waals surface area contributed by atoms with E-state index in [4.69, 9.17) is 9.84 Å². The van der Waals surface area contributed by atoms with Gasteiger partial charge in [0.1, 0.15) is 5.75 Å². The second-order valence-corrected chi connectivity index (χ2v) is 6.53. The van der Waals surface area contributed by atoms with E-state index in [-0.39, 0.29) is 5.41 Å². The van der Waals surface area contributed by atoms with Gasteiger partial charge in [-0.15, -0.1) is 0 Å². The zero-order valence-electron chi connectivity index (χ0n) is 12.5. The van der Waals surface area contributed by atoms with Crippen molar-refractivity contribution >= 4 is 5.97 Å². The summed E-state index contributed by atoms with van der Waals surface area (Å²) in [4.78, 5) is 11.0. The largest absolute Gasteiger partial charge is 0.493 e. The van der Waals surface area contributed by atoms with Crippen LogP contribution < -0.4 is 4.74 Å². The summed E-state index contributed by atoms with van der Waals surface area (Å²) >= 11 is 0. The van der Waals surface area contributed by atoms with Gasteiger partial charge in [-0.1, -0.05) is 39.0 Å². The smallest absolute Gasteiger partial charge is 0.309 e. The molecule has 19 heavy (non-hydrogen) atoms. The van der Waals surface area contributed by atoms with Gasteiger partial charge in [-0.3, -0.25) is 4.79 Å². The van der Waals surface area contributed by atoms with Crippen LogP contribution in [-0.4, -0.2) is 17.7 Å². The zero-order chi connectivity index (χ0) is 14.7. The highest BCUT2D eigenvalue weighted by molar-refractivity contribution is 5.73. The van der Waals surface area contributed by atoms with Gasteiger partial charge in [0, 0.05) is 0 Å². The summed E-state index contributed by atoms with van der Waals surface area (Å²) in [5.74, 6) is 0.0522. The third kappa shape index (κ3) is 4.27. The number of carbonyl (C=O) groups is 1. The maximum absolute atomic E-state index is 11.0. The van der Waals surface area contributed by atoms with Crippen molar-refractivity contribution in [3.8, 4) is 5.75 Å². The number of carboxylic acid groups (broad SMARTS) is 1. The highest BCUT2D eigenvalue weighted by atomic mass is 16.5. The number of benzene rings is 1. The fraction of sp³-hybridized carbons (Fsp3) is 0.562. The molecule has 0 aliphatic heterocycles. The van der Waals surface area contributed by atoms with Gasteiger partial charge in [0.2, 0.25) is 0 Å². The van der Waals surface area contributed by atoms with Crippen LogP contribution in [0.25, 0.3) is 0 Å². The van der Waals surface area contributed by atoms with Crippen LogP contribution in [0.4, 0.5) is 0 Å². The molecule has 0 unspecified atom stereocenters. The molecule has 3 nitrogen and oxygen atoms in total. The van der Waals surface area contributed by atoms with Crippen LogP contribution in [-0.2, 0) is 10.2 Å². The summed E-state index contributed by atoms with van der Waals surface area (Å²) in [5, 5.41) is 9.07. The Bertz CT molecular complexity index is 442. The second kappa shape index (κ2) is 5.64. The maximum atomic E-state index is 11.0. The lowest BCUT2D eigenvalue weighted by molar-refractivity contribution is -0.147. The minimum Gasteiger partial charge on any atom is -0.493 e. The van der Waals surface area contributed by atoms with Crippen LogP contribution in [0.1, 0.15) is 46.6 Å². The lowest BCUT2D eigenvalue weighted by Crippen LogP contribution is -2.26. The molecule has 0 atom stereocenters. The number of aliphatic carboxylic acids is 1. The lowest BCUT2D eigenvalue weighted by atomic mass is 9.86. The Kier molecular flexibility index (Phi) is 4.61. The Labute approximate surface area is 115 Å². The van der Waals surface area contributed by atoms with Crippen molar-refractivity contribution in [1.29, 1.82) is 0 Å². The van der Waals surface area contributed by atoms with Crippen LogP contribution in [0.3, 0.4) is 0 Å². The van der Waals surface area contributed by atoms with Crippen molar-refractivity contribution in [2.75, 3.05) is 6.61 Å². The van der Waals surface area contributed by atoms with Gasteiger partial charge < -0.3 is 9.84 Å². The molecule has 0 fully saturated rings. The molecule has 0 aliphatic rings. The molecule has 106 valence electrons. The number of hydrogen-bond donors (Lipinski definition) is 1. The molecule has 0 aromatic heterocycles. The van der Waals surface area contributed by atoms with Crippen molar-refractivity contribution in [1.82, 2.24) is 0 Å². The molecule has 0 spiro atoms. The molecule has 0 radical (unpaired) electrons. The fourth-order valence-corrected chi connectivity index (χ4v) is 1.74. The van der Waals surface area contributed by atoms with Crippen molar-refractivity contribution in [3.63, 3.8) is 0 Å². The molecule has 0 aliphatic carbocycles. The normalized spacial score (nSPS) is 12.3. The van der Waals surface area contributed by atoms with Crippen LogP contribution in [0.5, 0.6) is 5.75 Å². The van der Waals surface area contributed by atoms with E-state index in [1.165, 1.54) is 0 Å². The van der Waals surface area contributed by atoms with Crippen LogP contribution in [0.2, 0.25) is 0 Å². The van der Waals surface area contributed by atoms with E-state index in [1.807, 2.05) is 18.2 Å². The third-order valence-electron chi connectivity index (χ3n) is 3.26. The van der Waals surface area contributed by atoms with Gasteiger partial charge in [0.05, 0.1) is 12.0 Å². The summed E-state index contributed by atoms with van der Waals surface area (Å²) in [6.07, 6.45) is 0.487. The Morgan fingerprint density at radius 2 is 1.74 bits per heavy atom. The molecule has 0 saturated carbocycles. The molecule has 1 aromatic carbocycles. The first-order valence-corrected chi connectivity index (χ1v) is 6.60. The van der Waals surface area contributed by atoms with Crippen LogP contribution in [0, 0.1) is 5.41 Å². The molecule has 3 heteroatoms. The summed E-state index contributed by atoms with van der Waals surface area (Å²) in [7, 11) is 0. The molecule has 0 heterocycles. The van der Waals surface area contributed by atoms with Crippen molar-refractivity contribution in [2.24, 2.45) is 5.41 Å². The van der Waals surface area contributed by atoms with Crippen molar-refractivity contribution < 1.29 is 14.6 Å². The van der Waals surface area contributed by atoms with E-state index in [0.29, 0.717) is 13.0 Å². The highest BCUT2D eigenvalue weighted by Gasteiger charge is 2.27. The lowest BCUT2D eigenvalue weighted by Gasteiger charge is -2.24. The first-order chi connectivity index (χ1) is 8.64. The van der Waals surface area contributed by atoms with E-state index < -0.39 is 11.4 Å². The van der Waals surface area contributed by atoms with Gasteiger partial charge in [-0.25, -0.2) is 0 Å². The first kappa shape index (κ1) is 15.5. The molecule has 1 rings (SSSR count). The molecule has 0 amide bonds. The monoisotopic (exact) mass is 264 g/mol. The topological polar surface area (TPSA) is 46.5 Å². The molecule has 1 aromatic rings. The van der Waals surface area contributed by atoms with Crippen LogP contribution >= 0.6 is 0 Å². The molecular formula is C16H24O3. The van der Waals surface area contributed by atoms with Crippen molar-refractivity contribution in [3.05, 3.63) is 29.8 Å². The molecular weight excluding hydrogens is 240 g/mol. The molecule has 0 saturated heterocycles. The van der Waals surface area contributed by atoms with Crippen molar-refractivity contribution in [2.45, 2.75) is 46.5 Å². The van der Waals surface area contributed by atoms with E-state index in [9.17, 15) is 4.79 Å². The number of para-hydroxylation sites is 1. The zero-order valence-corrected chi connectivity index (χ0v) is 12.5. The maximum Gasteiger partial charge on any atom is 0.309 e. The van der Waals surface area contributed by atoms with Gasteiger partial charge >= 0.3 is 5.97 Å². The Morgan fingerprint density at radius 1 is 1.16 bits per heavy atom.